The number of likely N-dealkylation sites (tertiary alicyclic amines) is 1. The minimum Gasteiger partial charge on any atom is -0.466 e. The fourth-order valence-corrected chi connectivity index (χ4v) is 2.15. The van der Waals surface area contributed by atoms with E-state index in [4.69, 9.17) is 4.74 Å². The van der Waals surface area contributed by atoms with Gasteiger partial charge in [-0.25, -0.2) is 0 Å². The molecule has 1 unspecified atom stereocenters. The van der Waals surface area contributed by atoms with E-state index in [0.717, 1.165) is 0 Å². The Morgan fingerprint density at radius 1 is 1.37 bits per heavy atom. The van der Waals surface area contributed by atoms with E-state index >= 15 is 0 Å². The van der Waals surface area contributed by atoms with Crippen LogP contribution in [0.4, 0.5) is 0 Å². The van der Waals surface area contributed by atoms with Gasteiger partial charge >= 0.3 is 5.97 Å². The third-order valence-electron chi connectivity index (χ3n) is 3.45. The molecule has 1 atom stereocenters. The molecular weight excluding hydrogens is 246 g/mol. The Labute approximate surface area is 114 Å². The summed E-state index contributed by atoms with van der Waals surface area (Å²) in [5.41, 5.74) is 0.0502. The molecule has 0 radical (unpaired) electrons. The molecule has 0 bridgehead atoms. The summed E-state index contributed by atoms with van der Waals surface area (Å²) in [5.74, 6) is -0.527. The zero-order chi connectivity index (χ0) is 14.6. The molecule has 5 heteroatoms. The van der Waals surface area contributed by atoms with Gasteiger partial charge < -0.3 is 9.64 Å². The lowest BCUT2D eigenvalue weighted by Crippen LogP contribution is -2.33. The van der Waals surface area contributed by atoms with Crippen LogP contribution in [0.15, 0.2) is 0 Å². The third-order valence-corrected chi connectivity index (χ3v) is 3.45. The van der Waals surface area contributed by atoms with E-state index in [1.165, 1.54) is 0 Å². The topological polar surface area (TPSA) is 63.7 Å². The average Bonchev–Trinajstić information content (AvgIpc) is 2.60. The van der Waals surface area contributed by atoms with Crippen LogP contribution >= 0.6 is 0 Å². The first kappa shape index (κ1) is 15.7. The summed E-state index contributed by atoms with van der Waals surface area (Å²) in [6.07, 6.45) is 0.230. The molecule has 1 saturated heterocycles. The normalized spacial score (nSPS) is 19.7. The summed E-state index contributed by atoms with van der Waals surface area (Å²) in [5, 5.41) is 0. The molecule has 0 aliphatic carbocycles. The van der Waals surface area contributed by atoms with Crippen molar-refractivity contribution in [2.75, 3.05) is 19.7 Å². The van der Waals surface area contributed by atoms with Crippen LogP contribution in [0.2, 0.25) is 0 Å². The van der Waals surface area contributed by atoms with Crippen molar-refractivity contribution in [3.8, 4) is 0 Å². The van der Waals surface area contributed by atoms with Crippen LogP contribution in [-0.2, 0) is 19.1 Å². The molecule has 0 aromatic rings. The van der Waals surface area contributed by atoms with E-state index in [1.54, 1.807) is 11.8 Å². The number of ether oxygens (including phenoxy) is 1. The molecule has 1 amide bonds. The number of carbonyl (C=O) groups is 3. The summed E-state index contributed by atoms with van der Waals surface area (Å²) in [6, 6.07) is 0. The molecule has 108 valence electrons. The Hall–Kier alpha value is -1.39. The van der Waals surface area contributed by atoms with Gasteiger partial charge in [0.2, 0.25) is 5.91 Å². The Balaban J connectivity index is 2.48. The van der Waals surface area contributed by atoms with E-state index < -0.39 is 5.97 Å². The smallest absolute Gasteiger partial charge is 0.313 e. The molecule has 1 rings (SSSR count). The van der Waals surface area contributed by atoms with Crippen molar-refractivity contribution in [1.29, 1.82) is 0 Å². The van der Waals surface area contributed by atoms with Gasteiger partial charge in [-0.05, 0) is 18.3 Å². The van der Waals surface area contributed by atoms with Crippen molar-refractivity contribution in [1.82, 2.24) is 4.90 Å². The highest BCUT2D eigenvalue weighted by atomic mass is 16.5. The van der Waals surface area contributed by atoms with Crippen LogP contribution in [0.3, 0.4) is 0 Å². The second kappa shape index (κ2) is 6.17. The third kappa shape index (κ3) is 4.65. The minimum atomic E-state index is -0.522. The van der Waals surface area contributed by atoms with Crippen LogP contribution in [0, 0.1) is 11.3 Å². The lowest BCUT2D eigenvalue weighted by atomic mass is 9.80. The second-order valence-electron chi connectivity index (χ2n) is 6.06. The molecule has 1 aliphatic rings. The Bertz CT molecular complexity index is 370. The first-order chi connectivity index (χ1) is 8.74. The number of hydrogen-bond acceptors (Lipinski definition) is 4. The fraction of sp³-hybridized carbons (Fsp3) is 0.786. The Kier molecular flexibility index (Phi) is 5.09. The van der Waals surface area contributed by atoms with Crippen molar-refractivity contribution in [2.24, 2.45) is 11.3 Å². The molecule has 5 nitrogen and oxygen atoms in total. The van der Waals surface area contributed by atoms with Crippen LogP contribution < -0.4 is 0 Å². The molecule has 0 aromatic heterocycles. The second-order valence-corrected chi connectivity index (χ2v) is 6.06. The summed E-state index contributed by atoms with van der Waals surface area (Å²) in [4.78, 5) is 36.3. The van der Waals surface area contributed by atoms with Crippen molar-refractivity contribution in [3.05, 3.63) is 0 Å². The molecule has 0 N–H and O–H groups in total. The van der Waals surface area contributed by atoms with Crippen LogP contribution in [-0.4, -0.2) is 42.3 Å². The van der Waals surface area contributed by atoms with Crippen LogP contribution in [0.5, 0.6) is 0 Å². The highest BCUT2D eigenvalue weighted by molar-refractivity contribution is 5.98. The van der Waals surface area contributed by atoms with Gasteiger partial charge in [-0.1, -0.05) is 20.8 Å². The molecule has 0 aromatic carbocycles. The number of hydrogen-bond donors (Lipinski definition) is 0. The number of amides is 1. The van der Waals surface area contributed by atoms with Crippen LogP contribution in [0.25, 0.3) is 0 Å². The zero-order valence-electron chi connectivity index (χ0n) is 12.2. The molecule has 0 saturated carbocycles. The van der Waals surface area contributed by atoms with Crippen molar-refractivity contribution >= 4 is 17.7 Å². The van der Waals surface area contributed by atoms with E-state index in [-0.39, 0.29) is 42.6 Å². The maximum absolute atomic E-state index is 11.8. The molecule has 1 aliphatic heterocycles. The molecule has 1 fully saturated rings. The molecular formula is C14H23NO4. The number of carbonyl (C=O) groups excluding carboxylic acids is 3. The van der Waals surface area contributed by atoms with E-state index in [9.17, 15) is 14.4 Å². The van der Waals surface area contributed by atoms with E-state index in [1.807, 2.05) is 0 Å². The molecule has 1 heterocycles. The van der Waals surface area contributed by atoms with Gasteiger partial charge in [0, 0.05) is 13.0 Å². The average molecular weight is 269 g/mol. The summed E-state index contributed by atoms with van der Waals surface area (Å²) in [6.45, 7) is 8.85. The monoisotopic (exact) mass is 269 g/mol. The number of nitrogens with zero attached hydrogens (tertiary/aromatic N) is 1. The maximum atomic E-state index is 11.8. The van der Waals surface area contributed by atoms with Gasteiger partial charge in [0.05, 0.1) is 13.2 Å². The quantitative estimate of drug-likeness (QED) is 0.559. The van der Waals surface area contributed by atoms with Crippen molar-refractivity contribution in [2.45, 2.75) is 40.5 Å². The van der Waals surface area contributed by atoms with Gasteiger partial charge in [-0.2, -0.15) is 0 Å². The number of rotatable bonds is 5. The lowest BCUT2D eigenvalue weighted by molar-refractivity contribution is -0.146. The Morgan fingerprint density at radius 3 is 2.47 bits per heavy atom. The van der Waals surface area contributed by atoms with Gasteiger partial charge in [-0.15, -0.1) is 0 Å². The first-order valence-corrected chi connectivity index (χ1v) is 6.69. The van der Waals surface area contributed by atoms with Crippen molar-refractivity contribution < 1.29 is 19.1 Å². The summed E-state index contributed by atoms with van der Waals surface area (Å²) in [7, 11) is 0. The lowest BCUT2D eigenvalue weighted by Gasteiger charge is -2.26. The first-order valence-electron chi connectivity index (χ1n) is 6.69. The number of esters is 1. The van der Waals surface area contributed by atoms with Gasteiger partial charge in [-0.3, -0.25) is 14.4 Å². The maximum Gasteiger partial charge on any atom is 0.313 e. The van der Waals surface area contributed by atoms with E-state index in [2.05, 4.69) is 20.8 Å². The minimum absolute atomic E-state index is 0.00265. The number of ketones is 1. The van der Waals surface area contributed by atoms with Crippen LogP contribution in [0.1, 0.15) is 40.5 Å². The Morgan fingerprint density at radius 2 is 2.00 bits per heavy atom. The largest absolute Gasteiger partial charge is 0.466 e. The standard InChI is InChI=1S/C14H23NO4/c1-5-19-13(18)7-11(16)9-15-8-10(6-12(15)17)14(2,3)4/h10H,5-9H2,1-4H3. The highest BCUT2D eigenvalue weighted by Crippen LogP contribution is 2.34. The summed E-state index contributed by atoms with van der Waals surface area (Å²) < 4.78 is 4.72. The van der Waals surface area contributed by atoms with Crippen molar-refractivity contribution in [3.63, 3.8) is 0 Å². The SMILES string of the molecule is CCOC(=O)CC(=O)CN1CC(C(C)(C)C)CC1=O. The van der Waals surface area contributed by atoms with Gasteiger partial charge in [0.1, 0.15) is 6.42 Å². The predicted molar refractivity (Wildman–Crippen MR) is 70.4 cm³/mol. The summed E-state index contributed by atoms with van der Waals surface area (Å²) >= 11 is 0. The fourth-order valence-electron chi connectivity index (χ4n) is 2.15. The highest BCUT2D eigenvalue weighted by Gasteiger charge is 2.37. The van der Waals surface area contributed by atoms with E-state index in [0.29, 0.717) is 13.0 Å². The van der Waals surface area contributed by atoms with Gasteiger partial charge in [0.25, 0.3) is 0 Å². The van der Waals surface area contributed by atoms with Gasteiger partial charge in [0.15, 0.2) is 5.78 Å². The number of Topliss-reactive ketones (excluding diaryl/α,β-unsaturated/α-hetero) is 1. The zero-order valence-corrected chi connectivity index (χ0v) is 12.2. The molecule has 19 heavy (non-hydrogen) atoms. The predicted octanol–water partition coefficient (Wildman–Crippen LogP) is 1.40. The molecule has 0 spiro atoms.